The first-order valence-corrected chi connectivity index (χ1v) is 6.57. The zero-order valence-corrected chi connectivity index (χ0v) is 11.5. The molecule has 1 aliphatic carbocycles. The van der Waals surface area contributed by atoms with Crippen molar-refractivity contribution in [1.29, 1.82) is 0 Å². The average molecular weight is 300 g/mol. The zero-order chi connectivity index (χ0) is 12.6. The number of hydrogen-bond donors (Lipinski definition) is 1. The molecule has 0 radical (unpaired) electrons. The number of benzene rings is 1. The molecule has 2 nitrogen and oxygen atoms in total. The van der Waals surface area contributed by atoms with Crippen LogP contribution in [0.5, 0.6) is 0 Å². The van der Waals surface area contributed by atoms with Gasteiger partial charge in [0.05, 0.1) is 5.56 Å². The Morgan fingerprint density at radius 1 is 1.59 bits per heavy atom. The van der Waals surface area contributed by atoms with Crippen LogP contribution in [-0.4, -0.2) is 18.4 Å². The molecule has 17 heavy (non-hydrogen) atoms. The van der Waals surface area contributed by atoms with Crippen molar-refractivity contribution >= 4 is 21.7 Å². The molecule has 92 valence electrons. The third-order valence-electron chi connectivity index (χ3n) is 3.18. The number of carbonyl (C=O) groups is 1. The number of Topliss-reactive ketones (excluding diaryl/α,β-unsaturated/α-hetero) is 1. The van der Waals surface area contributed by atoms with Gasteiger partial charge in [0.25, 0.3) is 0 Å². The third-order valence-corrected chi connectivity index (χ3v) is 4.04. The van der Waals surface area contributed by atoms with E-state index < -0.39 is 5.82 Å². The van der Waals surface area contributed by atoms with Crippen molar-refractivity contribution in [2.45, 2.75) is 26.3 Å². The van der Waals surface area contributed by atoms with Gasteiger partial charge in [-0.25, -0.2) is 4.39 Å². The van der Waals surface area contributed by atoms with Gasteiger partial charge in [0.15, 0.2) is 5.78 Å². The topological polar surface area (TPSA) is 29.1 Å². The van der Waals surface area contributed by atoms with E-state index in [9.17, 15) is 9.18 Å². The van der Waals surface area contributed by atoms with Gasteiger partial charge in [0.1, 0.15) is 5.82 Å². The molecule has 0 aromatic heterocycles. The predicted octanol–water partition coefficient (Wildman–Crippen LogP) is 3.08. The van der Waals surface area contributed by atoms with E-state index in [2.05, 4.69) is 21.2 Å². The van der Waals surface area contributed by atoms with Crippen LogP contribution in [0.4, 0.5) is 4.39 Å². The van der Waals surface area contributed by atoms with Crippen LogP contribution < -0.4 is 5.32 Å². The Labute approximate surface area is 109 Å². The summed E-state index contributed by atoms with van der Waals surface area (Å²) < 4.78 is 14.6. The fourth-order valence-corrected chi connectivity index (χ4v) is 2.33. The van der Waals surface area contributed by atoms with Gasteiger partial charge in [-0.3, -0.25) is 4.79 Å². The Morgan fingerprint density at radius 2 is 2.29 bits per heavy atom. The summed E-state index contributed by atoms with van der Waals surface area (Å²) in [7, 11) is 0. The van der Waals surface area contributed by atoms with Crippen molar-refractivity contribution in [3.63, 3.8) is 0 Å². The normalized spacial score (nSPS) is 22.6. The lowest BCUT2D eigenvalue weighted by Crippen LogP contribution is -2.20. The highest BCUT2D eigenvalue weighted by molar-refractivity contribution is 9.10. The number of hydrogen-bond acceptors (Lipinski definition) is 2. The van der Waals surface area contributed by atoms with Crippen LogP contribution >= 0.6 is 15.9 Å². The summed E-state index contributed by atoms with van der Waals surface area (Å²) in [4.78, 5) is 12.1. The molecule has 1 aromatic rings. The fourth-order valence-electron chi connectivity index (χ4n) is 2.02. The molecule has 0 heterocycles. The summed E-state index contributed by atoms with van der Waals surface area (Å²) in [6, 6.07) is 3.53. The van der Waals surface area contributed by atoms with E-state index >= 15 is 0 Å². The SMILES string of the molecule is CCNC1CC1C(=O)c1ccc(Br)c(C)c1F. The van der Waals surface area contributed by atoms with Crippen molar-refractivity contribution in [2.75, 3.05) is 6.54 Å². The summed E-state index contributed by atoms with van der Waals surface area (Å²) >= 11 is 3.26. The maximum absolute atomic E-state index is 13.9. The summed E-state index contributed by atoms with van der Waals surface area (Å²) in [5.74, 6) is -0.527. The van der Waals surface area contributed by atoms with E-state index in [0.29, 0.717) is 10.0 Å². The highest BCUT2D eigenvalue weighted by atomic mass is 79.9. The monoisotopic (exact) mass is 299 g/mol. The molecule has 0 aliphatic heterocycles. The van der Waals surface area contributed by atoms with Gasteiger partial charge in [-0.1, -0.05) is 22.9 Å². The fraction of sp³-hybridized carbons (Fsp3) is 0.462. The molecule has 1 aromatic carbocycles. The third kappa shape index (κ3) is 2.43. The molecule has 1 saturated carbocycles. The van der Waals surface area contributed by atoms with E-state index in [4.69, 9.17) is 0 Å². The minimum absolute atomic E-state index is 0.0509. The second-order valence-corrected chi connectivity index (χ2v) is 5.26. The molecule has 1 fully saturated rings. The largest absolute Gasteiger partial charge is 0.313 e. The van der Waals surface area contributed by atoms with Crippen LogP contribution in [0, 0.1) is 18.7 Å². The van der Waals surface area contributed by atoms with Crippen molar-refractivity contribution < 1.29 is 9.18 Å². The van der Waals surface area contributed by atoms with Crippen LogP contribution in [-0.2, 0) is 0 Å². The molecule has 0 bridgehead atoms. The van der Waals surface area contributed by atoms with Crippen LogP contribution in [0.25, 0.3) is 0 Å². The number of carbonyl (C=O) groups excluding carboxylic acids is 1. The molecule has 2 unspecified atom stereocenters. The van der Waals surface area contributed by atoms with Gasteiger partial charge < -0.3 is 5.32 Å². The minimum Gasteiger partial charge on any atom is -0.313 e. The molecule has 0 amide bonds. The van der Waals surface area contributed by atoms with Gasteiger partial charge >= 0.3 is 0 Å². The highest BCUT2D eigenvalue weighted by Gasteiger charge is 2.43. The first-order valence-electron chi connectivity index (χ1n) is 5.78. The average Bonchev–Trinajstić information content (AvgIpc) is 3.05. The van der Waals surface area contributed by atoms with Crippen molar-refractivity contribution in [1.82, 2.24) is 5.32 Å². The molecule has 0 saturated heterocycles. The van der Waals surface area contributed by atoms with E-state index in [1.165, 1.54) is 0 Å². The Hall–Kier alpha value is -0.740. The smallest absolute Gasteiger partial charge is 0.170 e. The minimum atomic E-state index is -0.397. The maximum atomic E-state index is 13.9. The van der Waals surface area contributed by atoms with Crippen molar-refractivity contribution in [2.24, 2.45) is 5.92 Å². The van der Waals surface area contributed by atoms with Crippen molar-refractivity contribution in [3.8, 4) is 0 Å². The first kappa shape index (κ1) is 12.7. The number of ketones is 1. The molecule has 1 aliphatic rings. The molecular weight excluding hydrogens is 285 g/mol. The summed E-state index contributed by atoms with van der Waals surface area (Å²) in [5.41, 5.74) is 0.715. The van der Waals surface area contributed by atoms with E-state index in [-0.39, 0.29) is 23.3 Å². The van der Waals surface area contributed by atoms with Crippen molar-refractivity contribution in [3.05, 3.63) is 33.5 Å². The van der Waals surface area contributed by atoms with Crippen LogP contribution in [0.2, 0.25) is 0 Å². The lowest BCUT2D eigenvalue weighted by Gasteiger charge is -2.06. The number of rotatable bonds is 4. The molecule has 0 spiro atoms. The van der Waals surface area contributed by atoms with Crippen LogP contribution in [0.1, 0.15) is 29.3 Å². The molecule has 1 N–H and O–H groups in total. The van der Waals surface area contributed by atoms with Gasteiger partial charge in [-0.05, 0) is 37.6 Å². The number of nitrogens with one attached hydrogen (secondary N) is 1. The van der Waals surface area contributed by atoms with E-state index in [1.54, 1.807) is 19.1 Å². The molecule has 2 atom stereocenters. The second-order valence-electron chi connectivity index (χ2n) is 4.40. The van der Waals surface area contributed by atoms with Gasteiger partial charge in [-0.2, -0.15) is 0 Å². The predicted molar refractivity (Wildman–Crippen MR) is 68.7 cm³/mol. The standard InChI is InChI=1S/C13H15BrFNO/c1-3-16-11-6-9(11)13(17)8-4-5-10(14)7(2)12(8)15/h4-5,9,11,16H,3,6H2,1-2H3. The highest BCUT2D eigenvalue weighted by Crippen LogP contribution is 2.35. The molecular formula is C13H15BrFNO. The maximum Gasteiger partial charge on any atom is 0.170 e. The van der Waals surface area contributed by atoms with Crippen LogP contribution in [0.3, 0.4) is 0 Å². The summed E-state index contributed by atoms with van der Waals surface area (Å²) in [5, 5.41) is 3.21. The lowest BCUT2D eigenvalue weighted by molar-refractivity contribution is 0.0959. The zero-order valence-electron chi connectivity index (χ0n) is 9.89. The Morgan fingerprint density at radius 3 is 2.94 bits per heavy atom. The quantitative estimate of drug-likeness (QED) is 0.866. The van der Waals surface area contributed by atoms with E-state index in [1.807, 2.05) is 6.92 Å². The van der Waals surface area contributed by atoms with Gasteiger partial charge in [-0.15, -0.1) is 0 Å². The van der Waals surface area contributed by atoms with E-state index in [0.717, 1.165) is 13.0 Å². The molecule has 4 heteroatoms. The summed E-state index contributed by atoms with van der Waals surface area (Å²) in [6.07, 6.45) is 0.821. The number of halogens is 2. The van der Waals surface area contributed by atoms with Gasteiger partial charge in [0.2, 0.25) is 0 Å². The van der Waals surface area contributed by atoms with Gasteiger partial charge in [0, 0.05) is 16.4 Å². The Bertz CT molecular complexity index is 461. The summed E-state index contributed by atoms with van der Waals surface area (Å²) in [6.45, 7) is 4.52. The first-order chi connectivity index (χ1) is 8.06. The molecule has 2 rings (SSSR count). The Balaban J connectivity index is 2.19. The second kappa shape index (κ2) is 4.86. The van der Waals surface area contributed by atoms with Crippen LogP contribution in [0.15, 0.2) is 16.6 Å². The lowest BCUT2D eigenvalue weighted by atomic mass is 10.0. The Kier molecular flexibility index (Phi) is 3.64.